The van der Waals surface area contributed by atoms with Crippen molar-refractivity contribution in [2.45, 2.75) is 39.0 Å². The number of nitrogens with zero attached hydrogens (tertiary/aromatic N) is 1. The van der Waals surface area contributed by atoms with Crippen LogP contribution in [-0.4, -0.2) is 55.2 Å². The lowest BCUT2D eigenvalue weighted by Gasteiger charge is -2.27. The SMILES string of the molecule is CCOC(CN1CCC[C@H]1CO)OCC. The van der Waals surface area contributed by atoms with E-state index in [9.17, 15) is 5.11 Å². The molecule has 0 aromatic rings. The molecule has 0 aliphatic carbocycles. The van der Waals surface area contributed by atoms with Crippen LogP contribution in [0.2, 0.25) is 0 Å². The minimum Gasteiger partial charge on any atom is -0.395 e. The van der Waals surface area contributed by atoms with Crippen molar-refractivity contribution < 1.29 is 14.6 Å². The molecular weight excluding hydrogens is 194 g/mol. The Kier molecular flexibility index (Phi) is 6.17. The molecule has 1 saturated heterocycles. The molecule has 0 amide bonds. The molecule has 0 saturated carbocycles. The number of rotatable bonds is 7. The predicted octanol–water partition coefficient (Wildman–Crippen LogP) is 0.842. The molecule has 4 heteroatoms. The molecule has 0 aromatic carbocycles. The van der Waals surface area contributed by atoms with Crippen LogP contribution in [0.1, 0.15) is 26.7 Å². The van der Waals surface area contributed by atoms with Gasteiger partial charge in [0.05, 0.1) is 6.61 Å². The Hall–Kier alpha value is -0.160. The van der Waals surface area contributed by atoms with E-state index in [1.54, 1.807) is 0 Å². The van der Waals surface area contributed by atoms with Gasteiger partial charge in [-0.2, -0.15) is 0 Å². The molecule has 1 aliphatic heterocycles. The third-order valence-corrected chi connectivity index (χ3v) is 2.80. The molecule has 0 bridgehead atoms. The van der Waals surface area contributed by atoms with Gasteiger partial charge >= 0.3 is 0 Å². The number of likely N-dealkylation sites (tertiary alicyclic amines) is 1. The van der Waals surface area contributed by atoms with Crippen molar-refractivity contribution in [3.05, 3.63) is 0 Å². The van der Waals surface area contributed by atoms with Gasteiger partial charge in [-0.25, -0.2) is 0 Å². The Bertz CT molecular complexity index is 160. The zero-order valence-electron chi connectivity index (χ0n) is 9.82. The number of hydrogen-bond donors (Lipinski definition) is 1. The third-order valence-electron chi connectivity index (χ3n) is 2.80. The molecular formula is C11H23NO3. The quantitative estimate of drug-likeness (QED) is 0.642. The van der Waals surface area contributed by atoms with Gasteiger partial charge < -0.3 is 14.6 Å². The van der Waals surface area contributed by atoms with Crippen LogP contribution in [0.3, 0.4) is 0 Å². The van der Waals surface area contributed by atoms with Crippen molar-refractivity contribution in [1.29, 1.82) is 0 Å². The topological polar surface area (TPSA) is 41.9 Å². The molecule has 0 radical (unpaired) electrons. The summed E-state index contributed by atoms with van der Waals surface area (Å²) in [5.74, 6) is 0. The van der Waals surface area contributed by atoms with Crippen molar-refractivity contribution in [3.63, 3.8) is 0 Å². The zero-order chi connectivity index (χ0) is 11.1. The molecule has 1 fully saturated rings. The number of aliphatic hydroxyl groups is 1. The zero-order valence-corrected chi connectivity index (χ0v) is 9.82. The van der Waals surface area contributed by atoms with Crippen molar-refractivity contribution in [2.75, 3.05) is 32.9 Å². The lowest BCUT2D eigenvalue weighted by molar-refractivity contribution is -0.149. The lowest BCUT2D eigenvalue weighted by atomic mass is 10.2. The van der Waals surface area contributed by atoms with Crippen LogP contribution in [0.5, 0.6) is 0 Å². The highest BCUT2D eigenvalue weighted by atomic mass is 16.7. The maximum Gasteiger partial charge on any atom is 0.170 e. The molecule has 0 aromatic heterocycles. The highest BCUT2D eigenvalue weighted by Gasteiger charge is 2.26. The third kappa shape index (κ3) is 4.07. The second-order valence-electron chi connectivity index (χ2n) is 3.81. The summed E-state index contributed by atoms with van der Waals surface area (Å²) in [5.41, 5.74) is 0. The fraction of sp³-hybridized carbons (Fsp3) is 1.00. The molecule has 1 N–H and O–H groups in total. The van der Waals surface area contributed by atoms with Crippen LogP contribution >= 0.6 is 0 Å². The molecule has 1 atom stereocenters. The summed E-state index contributed by atoms with van der Waals surface area (Å²) in [5, 5.41) is 9.19. The van der Waals surface area contributed by atoms with Crippen LogP contribution < -0.4 is 0 Å². The lowest BCUT2D eigenvalue weighted by Crippen LogP contribution is -2.40. The summed E-state index contributed by atoms with van der Waals surface area (Å²) in [6, 6.07) is 0.299. The summed E-state index contributed by atoms with van der Waals surface area (Å²) in [7, 11) is 0. The van der Waals surface area contributed by atoms with Crippen molar-refractivity contribution in [1.82, 2.24) is 4.90 Å². The monoisotopic (exact) mass is 217 g/mol. The van der Waals surface area contributed by atoms with Gasteiger partial charge in [-0.3, -0.25) is 4.90 Å². The average molecular weight is 217 g/mol. The minimum atomic E-state index is -0.146. The Morgan fingerprint density at radius 3 is 2.53 bits per heavy atom. The van der Waals surface area contributed by atoms with E-state index in [2.05, 4.69) is 4.90 Å². The van der Waals surface area contributed by atoms with E-state index in [0.717, 1.165) is 25.9 Å². The van der Waals surface area contributed by atoms with Gasteiger partial charge in [0.15, 0.2) is 6.29 Å². The number of ether oxygens (including phenoxy) is 2. The van der Waals surface area contributed by atoms with Gasteiger partial charge in [-0.1, -0.05) is 0 Å². The summed E-state index contributed by atoms with van der Waals surface area (Å²) in [4.78, 5) is 2.26. The molecule has 4 nitrogen and oxygen atoms in total. The molecule has 1 aliphatic rings. The van der Waals surface area contributed by atoms with E-state index in [1.807, 2.05) is 13.8 Å². The molecule has 1 rings (SSSR count). The molecule has 15 heavy (non-hydrogen) atoms. The van der Waals surface area contributed by atoms with E-state index in [0.29, 0.717) is 19.3 Å². The fourth-order valence-corrected chi connectivity index (χ4v) is 2.06. The van der Waals surface area contributed by atoms with Crippen LogP contribution in [-0.2, 0) is 9.47 Å². The van der Waals surface area contributed by atoms with Gasteiger partial charge in [0, 0.05) is 25.8 Å². The molecule has 0 unspecified atom stereocenters. The highest BCUT2D eigenvalue weighted by Crippen LogP contribution is 2.17. The van der Waals surface area contributed by atoms with E-state index in [4.69, 9.17) is 9.47 Å². The maximum absolute atomic E-state index is 9.19. The van der Waals surface area contributed by atoms with Crippen LogP contribution in [0.4, 0.5) is 0 Å². The Morgan fingerprint density at radius 1 is 1.33 bits per heavy atom. The summed E-state index contributed by atoms with van der Waals surface area (Å²) < 4.78 is 11.0. The first kappa shape index (κ1) is 12.9. The van der Waals surface area contributed by atoms with E-state index < -0.39 is 0 Å². The van der Waals surface area contributed by atoms with Crippen LogP contribution in [0, 0.1) is 0 Å². The Balaban J connectivity index is 2.35. The van der Waals surface area contributed by atoms with Gasteiger partial charge in [0.1, 0.15) is 0 Å². The first-order chi connectivity index (χ1) is 7.31. The maximum atomic E-state index is 9.19. The summed E-state index contributed by atoms with van der Waals surface area (Å²) in [6.45, 7) is 7.34. The predicted molar refractivity (Wildman–Crippen MR) is 58.7 cm³/mol. The van der Waals surface area contributed by atoms with Crippen LogP contribution in [0.25, 0.3) is 0 Å². The highest BCUT2D eigenvalue weighted by molar-refractivity contribution is 4.78. The fourth-order valence-electron chi connectivity index (χ4n) is 2.06. The van der Waals surface area contributed by atoms with Gasteiger partial charge in [0.25, 0.3) is 0 Å². The minimum absolute atomic E-state index is 0.146. The number of hydrogen-bond acceptors (Lipinski definition) is 4. The van der Waals surface area contributed by atoms with Crippen molar-refractivity contribution in [2.24, 2.45) is 0 Å². The van der Waals surface area contributed by atoms with Gasteiger partial charge in [-0.05, 0) is 33.2 Å². The first-order valence-electron chi connectivity index (χ1n) is 5.89. The number of aliphatic hydroxyl groups excluding tert-OH is 1. The van der Waals surface area contributed by atoms with Crippen molar-refractivity contribution >= 4 is 0 Å². The van der Waals surface area contributed by atoms with Gasteiger partial charge in [-0.15, -0.1) is 0 Å². The largest absolute Gasteiger partial charge is 0.395 e. The molecule has 1 heterocycles. The molecule has 0 spiro atoms. The van der Waals surface area contributed by atoms with E-state index >= 15 is 0 Å². The van der Waals surface area contributed by atoms with Gasteiger partial charge in [0.2, 0.25) is 0 Å². The Labute approximate surface area is 92.2 Å². The van der Waals surface area contributed by atoms with Crippen LogP contribution in [0.15, 0.2) is 0 Å². The smallest absolute Gasteiger partial charge is 0.170 e. The summed E-state index contributed by atoms with van der Waals surface area (Å²) in [6.07, 6.45) is 2.10. The van der Waals surface area contributed by atoms with Crippen molar-refractivity contribution in [3.8, 4) is 0 Å². The second-order valence-corrected chi connectivity index (χ2v) is 3.81. The normalized spacial score (nSPS) is 22.8. The standard InChI is InChI=1S/C11H23NO3/c1-3-14-11(15-4-2)8-12-7-5-6-10(12)9-13/h10-11,13H,3-9H2,1-2H3/t10-/m0/s1. The first-order valence-corrected chi connectivity index (χ1v) is 5.89. The van der Waals surface area contributed by atoms with E-state index in [-0.39, 0.29) is 12.9 Å². The summed E-state index contributed by atoms with van der Waals surface area (Å²) >= 11 is 0. The second kappa shape index (κ2) is 7.17. The Morgan fingerprint density at radius 2 is 2.00 bits per heavy atom. The van der Waals surface area contributed by atoms with E-state index in [1.165, 1.54) is 0 Å². The average Bonchev–Trinajstić information content (AvgIpc) is 2.66. The molecule has 90 valence electrons.